The number of carbonyl (C=O) groups is 1. The maximum Gasteiger partial charge on any atom is 0.264 e. The minimum absolute atomic E-state index is 0.173. The predicted octanol–water partition coefficient (Wildman–Crippen LogP) is 0.924. The summed E-state index contributed by atoms with van der Waals surface area (Å²) >= 11 is 1.37. The van der Waals surface area contributed by atoms with Crippen LogP contribution in [0.4, 0.5) is 5.13 Å². The van der Waals surface area contributed by atoms with E-state index in [-0.39, 0.29) is 24.4 Å². The van der Waals surface area contributed by atoms with Crippen LogP contribution in [0.2, 0.25) is 0 Å². The van der Waals surface area contributed by atoms with Crippen molar-refractivity contribution in [2.75, 3.05) is 5.32 Å². The second-order valence-electron chi connectivity index (χ2n) is 4.84. The van der Waals surface area contributed by atoms with E-state index in [9.17, 15) is 9.59 Å². The van der Waals surface area contributed by atoms with E-state index in [0.717, 1.165) is 5.69 Å². The normalized spacial score (nSPS) is 11.0. The van der Waals surface area contributed by atoms with Crippen LogP contribution < -0.4 is 10.9 Å². The number of rotatable bonds is 4. The highest BCUT2D eigenvalue weighted by Gasteiger charge is 2.10. The van der Waals surface area contributed by atoms with E-state index >= 15 is 0 Å². The molecule has 0 spiro atoms. The molecule has 0 fully saturated rings. The molecular weight excluding hydrogens is 304 g/mol. The van der Waals surface area contributed by atoms with Gasteiger partial charge in [-0.2, -0.15) is 5.10 Å². The molecule has 3 aromatic heterocycles. The summed E-state index contributed by atoms with van der Waals surface area (Å²) in [6.07, 6.45) is 3.10. The van der Waals surface area contributed by atoms with Crippen molar-refractivity contribution in [1.29, 1.82) is 0 Å². The summed E-state index contributed by atoms with van der Waals surface area (Å²) in [5.41, 5.74) is 1.20. The maximum atomic E-state index is 12.2. The minimum atomic E-state index is -0.198. The van der Waals surface area contributed by atoms with E-state index in [1.165, 1.54) is 28.4 Å². The standard InChI is InChI=1S/C13H14N6O2S/c1-8-6-22-13(16-8)17-10(20)3-4-19-7-14-11-9(12(19)21)5-15-18(11)2/h5-7H,3-4H2,1-2H3,(H,16,17,20). The number of hydrogen-bond acceptors (Lipinski definition) is 6. The Hall–Kier alpha value is -2.55. The van der Waals surface area contributed by atoms with Crippen molar-refractivity contribution in [1.82, 2.24) is 24.3 Å². The number of aromatic nitrogens is 5. The van der Waals surface area contributed by atoms with Crippen molar-refractivity contribution >= 4 is 33.4 Å². The van der Waals surface area contributed by atoms with Gasteiger partial charge in [0.25, 0.3) is 5.56 Å². The van der Waals surface area contributed by atoms with Crippen molar-refractivity contribution in [2.45, 2.75) is 19.9 Å². The molecule has 9 heteroatoms. The molecule has 0 saturated carbocycles. The lowest BCUT2D eigenvalue weighted by molar-refractivity contribution is -0.116. The molecule has 0 aromatic carbocycles. The Kier molecular flexibility index (Phi) is 3.72. The highest BCUT2D eigenvalue weighted by atomic mass is 32.1. The Labute approximate surface area is 129 Å². The monoisotopic (exact) mass is 318 g/mol. The molecule has 0 aliphatic carbocycles. The van der Waals surface area contributed by atoms with Crippen LogP contribution in [-0.4, -0.2) is 30.2 Å². The molecule has 0 bridgehead atoms. The van der Waals surface area contributed by atoms with Crippen LogP contribution in [0.5, 0.6) is 0 Å². The Bertz CT molecular complexity index is 893. The van der Waals surface area contributed by atoms with E-state index in [2.05, 4.69) is 20.4 Å². The van der Waals surface area contributed by atoms with Gasteiger partial charge in [-0.1, -0.05) is 0 Å². The Morgan fingerprint density at radius 3 is 3.00 bits per heavy atom. The predicted molar refractivity (Wildman–Crippen MR) is 82.9 cm³/mol. The first-order chi connectivity index (χ1) is 10.5. The highest BCUT2D eigenvalue weighted by molar-refractivity contribution is 7.13. The summed E-state index contributed by atoms with van der Waals surface area (Å²) in [6.45, 7) is 2.12. The number of anilines is 1. The summed E-state index contributed by atoms with van der Waals surface area (Å²) in [5.74, 6) is -0.187. The average molecular weight is 318 g/mol. The van der Waals surface area contributed by atoms with E-state index in [4.69, 9.17) is 0 Å². The van der Waals surface area contributed by atoms with Crippen LogP contribution in [0.3, 0.4) is 0 Å². The largest absolute Gasteiger partial charge is 0.302 e. The SMILES string of the molecule is Cc1csc(NC(=O)CCn2cnc3c(cnn3C)c2=O)n1. The summed E-state index contributed by atoms with van der Waals surface area (Å²) in [7, 11) is 1.72. The molecule has 3 rings (SSSR count). The van der Waals surface area contributed by atoms with Gasteiger partial charge >= 0.3 is 0 Å². The fourth-order valence-electron chi connectivity index (χ4n) is 2.04. The zero-order valence-corrected chi connectivity index (χ0v) is 12.9. The van der Waals surface area contributed by atoms with Crippen LogP contribution in [0.1, 0.15) is 12.1 Å². The lowest BCUT2D eigenvalue weighted by Crippen LogP contribution is -2.23. The number of aryl methyl sites for hydroxylation is 3. The second-order valence-corrected chi connectivity index (χ2v) is 5.70. The lowest BCUT2D eigenvalue weighted by Gasteiger charge is -2.05. The number of carbonyl (C=O) groups excluding carboxylic acids is 1. The van der Waals surface area contributed by atoms with Crippen molar-refractivity contribution < 1.29 is 4.79 Å². The molecule has 0 radical (unpaired) electrons. The highest BCUT2D eigenvalue weighted by Crippen LogP contribution is 2.14. The first kappa shape index (κ1) is 14.4. The van der Waals surface area contributed by atoms with Gasteiger partial charge < -0.3 is 5.32 Å². The Balaban J connectivity index is 1.70. The number of amides is 1. The molecule has 1 N–H and O–H groups in total. The van der Waals surface area contributed by atoms with Crippen molar-refractivity contribution in [3.8, 4) is 0 Å². The quantitative estimate of drug-likeness (QED) is 0.772. The van der Waals surface area contributed by atoms with Gasteiger partial charge in [-0.3, -0.25) is 18.8 Å². The fourth-order valence-corrected chi connectivity index (χ4v) is 2.75. The van der Waals surface area contributed by atoms with Crippen molar-refractivity contribution in [3.05, 3.63) is 34.0 Å². The van der Waals surface area contributed by atoms with Gasteiger partial charge in [0.1, 0.15) is 5.39 Å². The van der Waals surface area contributed by atoms with Crippen LogP contribution in [0, 0.1) is 6.92 Å². The lowest BCUT2D eigenvalue weighted by atomic mass is 10.3. The molecule has 114 valence electrons. The van der Waals surface area contributed by atoms with Crippen LogP contribution in [-0.2, 0) is 18.4 Å². The molecule has 0 atom stereocenters. The third-order valence-electron chi connectivity index (χ3n) is 3.16. The van der Waals surface area contributed by atoms with E-state index < -0.39 is 0 Å². The summed E-state index contributed by atoms with van der Waals surface area (Å²) in [6, 6.07) is 0. The molecule has 0 saturated heterocycles. The van der Waals surface area contributed by atoms with Gasteiger partial charge in [-0.15, -0.1) is 11.3 Å². The zero-order valence-electron chi connectivity index (χ0n) is 12.1. The second kappa shape index (κ2) is 5.68. The van der Waals surface area contributed by atoms with Gasteiger partial charge in [-0.05, 0) is 6.92 Å². The molecule has 0 aliphatic rings. The van der Waals surface area contributed by atoms with Gasteiger partial charge in [-0.25, -0.2) is 9.97 Å². The first-order valence-corrected chi connectivity index (χ1v) is 7.51. The Morgan fingerprint density at radius 2 is 2.27 bits per heavy atom. The molecule has 22 heavy (non-hydrogen) atoms. The number of hydrogen-bond donors (Lipinski definition) is 1. The molecular formula is C13H14N6O2S. The van der Waals surface area contributed by atoms with Crippen molar-refractivity contribution in [2.24, 2.45) is 7.05 Å². The van der Waals surface area contributed by atoms with Gasteiger partial charge in [0.15, 0.2) is 10.8 Å². The zero-order chi connectivity index (χ0) is 15.7. The molecule has 0 unspecified atom stereocenters. The maximum absolute atomic E-state index is 12.2. The van der Waals surface area contributed by atoms with E-state index in [0.29, 0.717) is 16.2 Å². The molecule has 0 aliphatic heterocycles. The first-order valence-electron chi connectivity index (χ1n) is 6.64. The van der Waals surface area contributed by atoms with Gasteiger partial charge in [0.2, 0.25) is 5.91 Å². The summed E-state index contributed by atoms with van der Waals surface area (Å²) in [5, 5.41) is 9.59. The smallest absolute Gasteiger partial charge is 0.264 e. The summed E-state index contributed by atoms with van der Waals surface area (Å²) in [4.78, 5) is 32.5. The topological polar surface area (TPSA) is 94.7 Å². The van der Waals surface area contributed by atoms with Crippen LogP contribution in [0.25, 0.3) is 11.0 Å². The molecule has 8 nitrogen and oxygen atoms in total. The van der Waals surface area contributed by atoms with Crippen LogP contribution >= 0.6 is 11.3 Å². The van der Waals surface area contributed by atoms with Crippen molar-refractivity contribution in [3.63, 3.8) is 0 Å². The number of nitrogens with one attached hydrogen (secondary N) is 1. The van der Waals surface area contributed by atoms with E-state index in [1.807, 2.05) is 12.3 Å². The summed E-state index contributed by atoms with van der Waals surface area (Å²) < 4.78 is 2.95. The third kappa shape index (κ3) is 2.75. The van der Waals surface area contributed by atoms with E-state index in [1.54, 1.807) is 11.7 Å². The number of fused-ring (bicyclic) bond motifs is 1. The third-order valence-corrected chi connectivity index (χ3v) is 4.04. The molecule has 3 heterocycles. The molecule has 3 aromatic rings. The van der Waals surface area contributed by atoms with Gasteiger partial charge in [0, 0.05) is 25.4 Å². The van der Waals surface area contributed by atoms with Crippen LogP contribution in [0.15, 0.2) is 22.7 Å². The van der Waals surface area contributed by atoms with Gasteiger partial charge in [0.05, 0.1) is 18.2 Å². The fraction of sp³-hybridized carbons (Fsp3) is 0.308. The molecule has 1 amide bonds. The Morgan fingerprint density at radius 1 is 1.45 bits per heavy atom. The number of nitrogens with zero attached hydrogens (tertiary/aromatic N) is 5. The minimum Gasteiger partial charge on any atom is -0.302 e. The number of thiazole rings is 1. The average Bonchev–Trinajstić information content (AvgIpc) is 3.05.